The van der Waals surface area contributed by atoms with Crippen LogP contribution in [0.25, 0.3) is 0 Å². The van der Waals surface area contributed by atoms with Crippen molar-refractivity contribution in [2.24, 2.45) is 5.10 Å². The molecule has 7 nitrogen and oxygen atoms in total. The predicted molar refractivity (Wildman–Crippen MR) is 90.2 cm³/mol. The molecule has 0 unspecified atom stereocenters. The van der Waals surface area contributed by atoms with Gasteiger partial charge in [-0.2, -0.15) is 5.10 Å². The van der Waals surface area contributed by atoms with E-state index in [1.807, 2.05) is 31.2 Å². The lowest BCUT2D eigenvalue weighted by molar-refractivity contribution is -0.385. The van der Waals surface area contributed by atoms with Gasteiger partial charge in [-0.15, -0.1) is 0 Å². The Labute approximate surface area is 139 Å². The van der Waals surface area contributed by atoms with Crippen LogP contribution in [0.2, 0.25) is 0 Å². The van der Waals surface area contributed by atoms with Gasteiger partial charge in [-0.1, -0.05) is 35.9 Å². The summed E-state index contributed by atoms with van der Waals surface area (Å²) >= 11 is 0. The Balaban J connectivity index is 1.89. The summed E-state index contributed by atoms with van der Waals surface area (Å²) < 4.78 is 5.21. The monoisotopic (exact) mass is 327 g/mol. The van der Waals surface area contributed by atoms with E-state index >= 15 is 0 Å². The lowest BCUT2D eigenvalue weighted by Crippen LogP contribution is -2.24. The minimum Gasteiger partial charge on any atom is -0.477 e. The van der Waals surface area contributed by atoms with Crippen LogP contribution in [-0.4, -0.2) is 23.7 Å². The molecule has 124 valence electrons. The molecule has 0 heterocycles. The highest BCUT2D eigenvalue weighted by Gasteiger charge is 2.16. The zero-order chi connectivity index (χ0) is 17.5. The standard InChI is InChI=1S/C17H17N3O4/c1-12-3-6-14(7-4-12)10-18-19-17(21)11-24-16-8-5-13(2)9-15(16)20(22)23/h3-10H,11H2,1-2H3,(H,19,21)/b18-10-. The summed E-state index contributed by atoms with van der Waals surface area (Å²) in [6.45, 7) is 3.35. The number of ether oxygens (including phenoxy) is 1. The van der Waals surface area contributed by atoms with Crippen molar-refractivity contribution < 1.29 is 14.5 Å². The maximum absolute atomic E-state index is 11.7. The Bertz CT molecular complexity index is 770. The number of hydrogen-bond acceptors (Lipinski definition) is 5. The third kappa shape index (κ3) is 4.91. The maximum atomic E-state index is 11.7. The average Bonchev–Trinajstić information content (AvgIpc) is 2.55. The van der Waals surface area contributed by atoms with Crippen LogP contribution in [0.3, 0.4) is 0 Å². The molecule has 0 saturated carbocycles. The summed E-state index contributed by atoms with van der Waals surface area (Å²) in [6.07, 6.45) is 1.51. The van der Waals surface area contributed by atoms with Gasteiger partial charge in [-0.25, -0.2) is 5.43 Å². The van der Waals surface area contributed by atoms with E-state index in [1.165, 1.54) is 18.3 Å². The normalized spacial score (nSPS) is 10.6. The average molecular weight is 327 g/mol. The van der Waals surface area contributed by atoms with Gasteiger partial charge in [0.2, 0.25) is 0 Å². The molecule has 0 aliphatic rings. The molecular formula is C17H17N3O4. The fourth-order valence-corrected chi connectivity index (χ4v) is 1.90. The summed E-state index contributed by atoms with van der Waals surface area (Å²) in [4.78, 5) is 22.1. The summed E-state index contributed by atoms with van der Waals surface area (Å²) in [5.41, 5.74) is 4.85. The van der Waals surface area contributed by atoms with Crippen molar-refractivity contribution >= 4 is 17.8 Å². The Morgan fingerprint density at radius 1 is 1.21 bits per heavy atom. The van der Waals surface area contributed by atoms with Crippen LogP contribution < -0.4 is 10.2 Å². The number of rotatable bonds is 6. The second kappa shape index (κ2) is 7.87. The van der Waals surface area contributed by atoms with Gasteiger partial charge in [0.25, 0.3) is 5.91 Å². The molecule has 1 N–H and O–H groups in total. The highest BCUT2D eigenvalue weighted by Crippen LogP contribution is 2.27. The molecule has 0 fully saturated rings. The molecule has 0 aromatic heterocycles. The van der Waals surface area contributed by atoms with E-state index in [0.29, 0.717) is 0 Å². The SMILES string of the molecule is Cc1ccc(/C=N\NC(=O)COc2ccc(C)cc2[N+](=O)[O-])cc1. The van der Waals surface area contributed by atoms with Gasteiger partial charge in [-0.3, -0.25) is 14.9 Å². The van der Waals surface area contributed by atoms with Crippen molar-refractivity contribution in [1.82, 2.24) is 5.43 Å². The van der Waals surface area contributed by atoms with E-state index in [1.54, 1.807) is 13.0 Å². The number of benzene rings is 2. The van der Waals surface area contributed by atoms with Crippen molar-refractivity contribution in [2.45, 2.75) is 13.8 Å². The number of aryl methyl sites for hydroxylation is 2. The van der Waals surface area contributed by atoms with Crippen molar-refractivity contribution in [1.29, 1.82) is 0 Å². The van der Waals surface area contributed by atoms with E-state index in [2.05, 4.69) is 10.5 Å². The number of hydrogen-bond donors (Lipinski definition) is 1. The minimum atomic E-state index is -0.546. The first-order valence-corrected chi connectivity index (χ1v) is 7.22. The fraction of sp³-hybridized carbons (Fsp3) is 0.176. The van der Waals surface area contributed by atoms with Crippen molar-refractivity contribution in [3.8, 4) is 5.75 Å². The third-order valence-electron chi connectivity index (χ3n) is 3.15. The minimum absolute atomic E-state index is 0.0447. The number of nitro benzene ring substituents is 1. The largest absolute Gasteiger partial charge is 0.477 e. The Morgan fingerprint density at radius 3 is 2.54 bits per heavy atom. The van der Waals surface area contributed by atoms with Crippen LogP contribution in [0.1, 0.15) is 16.7 Å². The van der Waals surface area contributed by atoms with Crippen LogP contribution in [0.4, 0.5) is 5.69 Å². The van der Waals surface area contributed by atoms with Gasteiger partial charge >= 0.3 is 5.69 Å². The smallest absolute Gasteiger partial charge is 0.311 e. The second-order valence-corrected chi connectivity index (χ2v) is 5.22. The van der Waals surface area contributed by atoms with E-state index < -0.39 is 10.8 Å². The molecule has 0 saturated heterocycles. The number of nitro groups is 1. The molecule has 0 aliphatic carbocycles. The first-order valence-electron chi connectivity index (χ1n) is 7.22. The molecule has 2 rings (SSSR count). The fourth-order valence-electron chi connectivity index (χ4n) is 1.90. The number of amides is 1. The zero-order valence-corrected chi connectivity index (χ0v) is 13.4. The predicted octanol–water partition coefficient (Wildman–Crippen LogP) is 2.74. The number of carbonyl (C=O) groups excluding carboxylic acids is 1. The zero-order valence-electron chi connectivity index (χ0n) is 13.4. The molecule has 0 bridgehead atoms. The topological polar surface area (TPSA) is 93.8 Å². The molecule has 2 aromatic rings. The Hall–Kier alpha value is -3.22. The third-order valence-corrected chi connectivity index (χ3v) is 3.15. The van der Waals surface area contributed by atoms with Gasteiger partial charge in [0.05, 0.1) is 11.1 Å². The van der Waals surface area contributed by atoms with Gasteiger partial charge in [0.1, 0.15) is 0 Å². The van der Waals surface area contributed by atoms with Crippen molar-refractivity contribution in [3.05, 3.63) is 69.3 Å². The number of carbonyl (C=O) groups is 1. The molecule has 24 heavy (non-hydrogen) atoms. The number of nitrogens with one attached hydrogen (secondary N) is 1. The molecule has 7 heteroatoms. The van der Waals surface area contributed by atoms with Crippen LogP contribution >= 0.6 is 0 Å². The summed E-state index contributed by atoms with van der Waals surface area (Å²) in [7, 11) is 0. The highest BCUT2D eigenvalue weighted by molar-refractivity contribution is 5.83. The first-order chi connectivity index (χ1) is 11.5. The van der Waals surface area contributed by atoms with E-state index in [9.17, 15) is 14.9 Å². The summed E-state index contributed by atoms with van der Waals surface area (Å²) in [6, 6.07) is 12.1. The van der Waals surface area contributed by atoms with Gasteiger partial charge in [0.15, 0.2) is 12.4 Å². The quantitative estimate of drug-likeness (QED) is 0.501. The van der Waals surface area contributed by atoms with Gasteiger partial charge < -0.3 is 4.74 Å². The van der Waals surface area contributed by atoms with Crippen LogP contribution in [0.15, 0.2) is 47.6 Å². The summed E-state index contributed by atoms with van der Waals surface area (Å²) in [5.74, 6) is -0.462. The van der Waals surface area contributed by atoms with Crippen LogP contribution in [0.5, 0.6) is 5.75 Å². The number of hydrazone groups is 1. The highest BCUT2D eigenvalue weighted by atomic mass is 16.6. The Morgan fingerprint density at radius 2 is 1.88 bits per heavy atom. The summed E-state index contributed by atoms with van der Waals surface area (Å²) in [5, 5.41) is 14.8. The van der Waals surface area contributed by atoms with Gasteiger partial charge in [-0.05, 0) is 31.0 Å². The van der Waals surface area contributed by atoms with Crippen LogP contribution in [-0.2, 0) is 4.79 Å². The maximum Gasteiger partial charge on any atom is 0.311 e. The van der Waals surface area contributed by atoms with E-state index in [0.717, 1.165) is 16.7 Å². The molecule has 0 radical (unpaired) electrons. The van der Waals surface area contributed by atoms with E-state index in [-0.39, 0.29) is 18.0 Å². The van der Waals surface area contributed by atoms with Gasteiger partial charge in [0, 0.05) is 6.07 Å². The molecule has 0 aliphatic heterocycles. The number of nitrogens with zero attached hydrogens (tertiary/aromatic N) is 2. The molecule has 1 amide bonds. The molecule has 0 spiro atoms. The lowest BCUT2D eigenvalue weighted by atomic mass is 10.2. The van der Waals surface area contributed by atoms with Crippen LogP contribution in [0, 0.1) is 24.0 Å². The van der Waals surface area contributed by atoms with Crippen molar-refractivity contribution in [2.75, 3.05) is 6.61 Å². The lowest BCUT2D eigenvalue weighted by Gasteiger charge is -2.06. The van der Waals surface area contributed by atoms with Crippen molar-refractivity contribution in [3.63, 3.8) is 0 Å². The Kier molecular flexibility index (Phi) is 5.62. The molecular weight excluding hydrogens is 310 g/mol. The first kappa shape index (κ1) is 17.1. The van der Waals surface area contributed by atoms with E-state index in [4.69, 9.17) is 4.74 Å². The second-order valence-electron chi connectivity index (χ2n) is 5.22. The molecule has 2 aromatic carbocycles. The molecule has 0 atom stereocenters.